The first-order chi connectivity index (χ1) is 15.1. The number of fused-ring (bicyclic) bond motifs is 1. The maximum atomic E-state index is 13.2. The van der Waals surface area contributed by atoms with Gasteiger partial charge in [-0.1, -0.05) is 35.6 Å². The number of thiazole rings is 1. The lowest BCUT2D eigenvalue weighted by molar-refractivity contribution is -0.120. The Bertz CT molecular complexity index is 1210. The zero-order valence-corrected chi connectivity index (χ0v) is 18.5. The molecule has 0 atom stereocenters. The number of aromatic nitrogens is 2. The van der Waals surface area contributed by atoms with Gasteiger partial charge < -0.3 is 9.47 Å². The Labute approximate surface area is 185 Å². The average Bonchev–Trinajstić information content (AvgIpc) is 3.24. The summed E-state index contributed by atoms with van der Waals surface area (Å²) in [6, 6.07) is 17.0. The molecule has 4 rings (SSSR count). The topological polar surface area (TPSA) is 64.6 Å². The molecule has 0 unspecified atom stereocenters. The second kappa shape index (κ2) is 9.14. The third-order valence-electron chi connectivity index (χ3n) is 5.07. The second-order valence-electron chi connectivity index (χ2n) is 7.09. The molecular weight excluding hydrogens is 410 g/mol. The number of hydrogen-bond acceptors (Lipinski definition) is 6. The van der Waals surface area contributed by atoms with Crippen LogP contribution >= 0.6 is 11.3 Å². The molecule has 0 aliphatic rings. The maximum absolute atomic E-state index is 13.2. The van der Waals surface area contributed by atoms with Gasteiger partial charge in [-0.15, -0.1) is 0 Å². The molecule has 2 heterocycles. The number of aryl methyl sites for hydroxylation is 2. The van der Waals surface area contributed by atoms with Crippen LogP contribution in [-0.4, -0.2) is 29.6 Å². The molecule has 2 aromatic heterocycles. The highest BCUT2D eigenvalue weighted by Gasteiger charge is 2.22. The van der Waals surface area contributed by atoms with E-state index in [1.54, 1.807) is 30.3 Å². The van der Waals surface area contributed by atoms with Crippen LogP contribution in [0.5, 0.6) is 11.5 Å². The van der Waals surface area contributed by atoms with Crippen molar-refractivity contribution in [2.24, 2.45) is 0 Å². The van der Waals surface area contributed by atoms with Crippen molar-refractivity contribution in [3.05, 3.63) is 77.6 Å². The Kier molecular flexibility index (Phi) is 6.13. The minimum absolute atomic E-state index is 0.138. The van der Waals surface area contributed by atoms with E-state index in [-0.39, 0.29) is 12.5 Å². The number of nitrogens with zero attached hydrogens (tertiary/aromatic N) is 3. The number of carbonyl (C=O) groups is 1. The third kappa shape index (κ3) is 4.51. The van der Waals surface area contributed by atoms with E-state index >= 15 is 0 Å². The van der Waals surface area contributed by atoms with Gasteiger partial charge in [0.15, 0.2) is 23.2 Å². The van der Waals surface area contributed by atoms with Crippen molar-refractivity contribution in [2.75, 3.05) is 18.6 Å². The van der Waals surface area contributed by atoms with E-state index in [9.17, 15) is 4.79 Å². The smallest absolute Gasteiger partial charge is 0.267 e. The van der Waals surface area contributed by atoms with Crippen molar-refractivity contribution in [1.82, 2.24) is 9.97 Å². The summed E-state index contributed by atoms with van der Waals surface area (Å²) in [6.45, 7) is 4.29. The van der Waals surface area contributed by atoms with Gasteiger partial charge in [0.2, 0.25) is 0 Å². The summed E-state index contributed by atoms with van der Waals surface area (Å²) in [4.78, 5) is 24.1. The summed E-state index contributed by atoms with van der Waals surface area (Å²) in [5.74, 6) is 0.898. The van der Waals surface area contributed by atoms with Gasteiger partial charge in [0.05, 0.1) is 29.6 Å². The van der Waals surface area contributed by atoms with E-state index in [1.807, 2.05) is 36.4 Å². The lowest BCUT2D eigenvalue weighted by atomic mass is 10.1. The molecule has 31 heavy (non-hydrogen) atoms. The fourth-order valence-electron chi connectivity index (χ4n) is 3.20. The van der Waals surface area contributed by atoms with E-state index in [4.69, 9.17) is 14.5 Å². The van der Waals surface area contributed by atoms with Gasteiger partial charge in [-0.05, 0) is 55.3 Å². The number of hydrogen-bond donors (Lipinski definition) is 0. The number of methoxy groups -OCH3 is 1. The van der Waals surface area contributed by atoms with Crippen LogP contribution in [0.25, 0.3) is 10.2 Å². The zero-order valence-electron chi connectivity index (χ0n) is 17.7. The van der Waals surface area contributed by atoms with Gasteiger partial charge in [0.25, 0.3) is 5.91 Å². The Morgan fingerprint density at radius 3 is 2.55 bits per heavy atom. The molecular formula is C24H23N3O3S. The maximum Gasteiger partial charge on any atom is 0.267 e. The third-order valence-corrected chi connectivity index (χ3v) is 6.12. The first-order valence-corrected chi connectivity index (χ1v) is 10.7. The molecule has 0 bridgehead atoms. The lowest BCUT2D eigenvalue weighted by Gasteiger charge is -2.20. The number of carbonyl (C=O) groups excluding carboxylic acids is 1. The van der Waals surface area contributed by atoms with Crippen LogP contribution < -0.4 is 14.4 Å². The molecule has 1 amide bonds. The molecule has 0 aliphatic carbocycles. The van der Waals surface area contributed by atoms with Gasteiger partial charge >= 0.3 is 0 Å². The summed E-state index contributed by atoms with van der Waals surface area (Å²) >= 11 is 1.49. The van der Waals surface area contributed by atoms with E-state index < -0.39 is 0 Å². The second-order valence-corrected chi connectivity index (χ2v) is 8.10. The molecule has 158 valence electrons. The number of pyridine rings is 1. The Hall–Kier alpha value is -3.45. The summed E-state index contributed by atoms with van der Waals surface area (Å²) in [5.41, 5.74) is 3.99. The average molecular weight is 434 g/mol. The van der Waals surface area contributed by atoms with Gasteiger partial charge in [0.1, 0.15) is 0 Å². The van der Waals surface area contributed by atoms with Crippen LogP contribution in [0.1, 0.15) is 16.8 Å². The quantitative estimate of drug-likeness (QED) is 0.414. The SMILES string of the molecule is COc1ccccc1OCC(=O)N(Cc1ccccn1)c1nc2c(C)c(C)ccc2s1. The van der Waals surface area contributed by atoms with Crippen molar-refractivity contribution in [3.8, 4) is 11.5 Å². The molecule has 0 aliphatic heterocycles. The van der Waals surface area contributed by atoms with Crippen molar-refractivity contribution in [2.45, 2.75) is 20.4 Å². The van der Waals surface area contributed by atoms with Gasteiger partial charge in [-0.25, -0.2) is 4.98 Å². The first-order valence-electron chi connectivity index (χ1n) is 9.89. The van der Waals surface area contributed by atoms with Crippen molar-refractivity contribution < 1.29 is 14.3 Å². The van der Waals surface area contributed by atoms with Crippen LogP contribution in [0.3, 0.4) is 0 Å². The molecule has 7 heteroatoms. The highest BCUT2D eigenvalue weighted by molar-refractivity contribution is 7.22. The largest absolute Gasteiger partial charge is 0.493 e. The Morgan fingerprint density at radius 1 is 1.03 bits per heavy atom. The number of ether oxygens (including phenoxy) is 2. The van der Waals surface area contributed by atoms with Crippen LogP contribution in [-0.2, 0) is 11.3 Å². The molecule has 2 aromatic carbocycles. The molecule has 4 aromatic rings. The van der Waals surface area contributed by atoms with Crippen LogP contribution in [0.2, 0.25) is 0 Å². The summed E-state index contributed by atoms with van der Waals surface area (Å²) in [7, 11) is 1.57. The molecule has 6 nitrogen and oxygen atoms in total. The predicted molar refractivity (Wildman–Crippen MR) is 123 cm³/mol. The molecule has 0 spiro atoms. The molecule has 0 radical (unpaired) electrons. The molecule has 0 fully saturated rings. The molecule has 0 saturated heterocycles. The minimum atomic E-state index is -0.204. The van der Waals surface area contributed by atoms with E-state index in [0.717, 1.165) is 21.5 Å². The Morgan fingerprint density at radius 2 is 1.81 bits per heavy atom. The number of amides is 1. The van der Waals surface area contributed by atoms with E-state index in [1.165, 1.54) is 16.9 Å². The van der Waals surface area contributed by atoms with Gasteiger partial charge in [-0.3, -0.25) is 14.7 Å². The van der Waals surface area contributed by atoms with Crippen LogP contribution in [0.15, 0.2) is 60.8 Å². The number of anilines is 1. The zero-order chi connectivity index (χ0) is 21.8. The highest BCUT2D eigenvalue weighted by atomic mass is 32.1. The van der Waals surface area contributed by atoms with Gasteiger partial charge in [0, 0.05) is 6.20 Å². The highest BCUT2D eigenvalue weighted by Crippen LogP contribution is 2.33. The van der Waals surface area contributed by atoms with Crippen LogP contribution in [0, 0.1) is 13.8 Å². The predicted octanol–water partition coefficient (Wildman–Crippen LogP) is 4.93. The van der Waals surface area contributed by atoms with Crippen LogP contribution in [0.4, 0.5) is 5.13 Å². The minimum Gasteiger partial charge on any atom is -0.493 e. The summed E-state index contributed by atoms with van der Waals surface area (Å²) in [5, 5.41) is 0.628. The summed E-state index contributed by atoms with van der Waals surface area (Å²) < 4.78 is 12.1. The summed E-state index contributed by atoms with van der Waals surface area (Å²) in [6.07, 6.45) is 1.72. The monoisotopic (exact) mass is 433 g/mol. The fraction of sp³-hybridized carbons (Fsp3) is 0.208. The number of benzene rings is 2. The Balaban J connectivity index is 1.64. The lowest BCUT2D eigenvalue weighted by Crippen LogP contribution is -2.34. The molecule has 0 N–H and O–H groups in total. The van der Waals surface area contributed by atoms with Gasteiger partial charge in [-0.2, -0.15) is 0 Å². The van der Waals surface area contributed by atoms with E-state index in [0.29, 0.717) is 23.2 Å². The normalized spacial score (nSPS) is 10.8. The number of rotatable bonds is 7. The van der Waals surface area contributed by atoms with E-state index in [2.05, 4.69) is 24.9 Å². The first kappa shape index (κ1) is 20.8. The van der Waals surface area contributed by atoms with Crippen molar-refractivity contribution >= 4 is 32.6 Å². The fourth-order valence-corrected chi connectivity index (χ4v) is 4.24. The van der Waals surface area contributed by atoms with Crippen molar-refractivity contribution in [1.29, 1.82) is 0 Å². The standard InChI is InChI=1S/C24H23N3O3S/c1-16-11-12-21-23(17(16)2)26-24(31-21)27(14-18-8-6-7-13-25-18)22(28)15-30-20-10-5-4-9-19(20)29-3/h4-13H,14-15H2,1-3H3. The molecule has 0 saturated carbocycles. The number of para-hydroxylation sites is 2. The van der Waals surface area contributed by atoms with Crippen molar-refractivity contribution in [3.63, 3.8) is 0 Å².